The number of ether oxygens (including phenoxy) is 1. The second-order valence-electron chi connectivity index (χ2n) is 7.10. The number of hydrogen-bond acceptors (Lipinski definition) is 3. The van der Waals surface area contributed by atoms with Crippen molar-refractivity contribution in [2.45, 2.75) is 25.8 Å². The molecule has 3 aromatic rings. The monoisotopic (exact) mass is 397 g/mol. The molecule has 0 aliphatic carbocycles. The van der Waals surface area contributed by atoms with E-state index in [0.717, 1.165) is 41.9 Å². The largest absolute Gasteiger partial charge is 0.378 e. The highest BCUT2D eigenvalue weighted by Gasteiger charge is 2.23. The van der Waals surface area contributed by atoms with Gasteiger partial charge in [-0.3, -0.25) is 9.78 Å². The number of hydrogen-bond donors (Lipinski definition) is 0. The summed E-state index contributed by atoms with van der Waals surface area (Å²) in [5.74, 6) is 0.0460. The van der Waals surface area contributed by atoms with Gasteiger partial charge in [-0.25, -0.2) is 0 Å². The third-order valence-electron chi connectivity index (χ3n) is 5.17. The van der Waals surface area contributed by atoms with Crippen LogP contribution in [0.3, 0.4) is 0 Å². The quantitative estimate of drug-likeness (QED) is 0.586. The van der Waals surface area contributed by atoms with Crippen LogP contribution in [0.25, 0.3) is 11.0 Å². The maximum atomic E-state index is 13.0. The maximum absolute atomic E-state index is 13.0. The lowest BCUT2D eigenvalue weighted by molar-refractivity contribution is 0.0304. The van der Waals surface area contributed by atoms with Gasteiger partial charge < -0.3 is 14.2 Å². The van der Waals surface area contributed by atoms with Gasteiger partial charge in [0.2, 0.25) is 0 Å². The summed E-state index contributed by atoms with van der Waals surface area (Å²) < 4.78 is 7.53. The smallest absolute Gasteiger partial charge is 0.257 e. The SMILES string of the molecule is O=C(c1cn(CCCCc2cccc(Cl)c2)c2cccnc12)N1CCOCC1. The number of fused-ring (bicyclic) bond motifs is 1. The lowest BCUT2D eigenvalue weighted by Gasteiger charge is -2.26. The molecule has 5 nitrogen and oxygen atoms in total. The molecule has 2 aromatic heterocycles. The molecule has 0 atom stereocenters. The van der Waals surface area contributed by atoms with Crippen molar-refractivity contribution in [3.8, 4) is 0 Å². The number of benzene rings is 1. The molecule has 146 valence electrons. The Morgan fingerprint density at radius 1 is 1.14 bits per heavy atom. The molecule has 1 fully saturated rings. The fourth-order valence-corrected chi connectivity index (χ4v) is 3.92. The van der Waals surface area contributed by atoms with Gasteiger partial charge >= 0.3 is 0 Å². The summed E-state index contributed by atoms with van der Waals surface area (Å²) >= 11 is 6.06. The fraction of sp³-hybridized carbons (Fsp3) is 0.364. The first kappa shape index (κ1) is 19.0. The van der Waals surface area contributed by atoms with E-state index in [-0.39, 0.29) is 5.91 Å². The molecule has 1 amide bonds. The minimum absolute atomic E-state index is 0.0460. The summed E-state index contributed by atoms with van der Waals surface area (Å²) in [6.45, 7) is 3.33. The molecule has 1 aliphatic heterocycles. The summed E-state index contributed by atoms with van der Waals surface area (Å²) in [5.41, 5.74) is 3.75. The number of aryl methyl sites for hydroxylation is 2. The molecule has 28 heavy (non-hydrogen) atoms. The standard InChI is InChI=1S/C22H24ClN3O2/c23-18-7-3-6-17(15-18)5-1-2-10-26-16-19(21-20(26)8-4-9-24-21)22(27)25-11-13-28-14-12-25/h3-4,6-9,15-16H,1-2,5,10-14H2. The summed E-state index contributed by atoms with van der Waals surface area (Å²) in [6.07, 6.45) is 6.80. The number of rotatable bonds is 6. The van der Waals surface area contributed by atoms with Gasteiger partial charge in [-0.05, 0) is 49.1 Å². The number of pyridine rings is 1. The highest BCUT2D eigenvalue weighted by molar-refractivity contribution is 6.30. The number of carbonyl (C=O) groups excluding carboxylic acids is 1. The number of halogens is 1. The van der Waals surface area contributed by atoms with Gasteiger partial charge in [0.15, 0.2) is 0 Å². The number of aromatic nitrogens is 2. The zero-order chi connectivity index (χ0) is 19.3. The zero-order valence-corrected chi connectivity index (χ0v) is 16.6. The zero-order valence-electron chi connectivity index (χ0n) is 15.8. The van der Waals surface area contributed by atoms with Crippen LogP contribution in [0.1, 0.15) is 28.8 Å². The van der Waals surface area contributed by atoms with Gasteiger partial charge in [0.25, 0.3) is 5.91 Å². The van der Waals surface area contributed by atoms with Crippen molar-refractivity contribution in [3.05, 3.63) is 64.9 Å². The molecular formula is C22H24ClN3O2. The van der Waals surface area contributed by atoms with E-state index in [1.807, 2.05) is 41.4 Å². The van der Waals surface area contributed by atoms with Gasteiger partial charge in [-0.2, -0.15) is 0 Å². The number of nitrogens with zero attached hydrogens (tertiary/aromatic N) is 3. The van der Waals surface area contributed by atoms with Crippen molar-refractivity contribution in [1.82, 2.24) is 14.5 Å². The number of morpholine rings is 1. The normalized spacial score (nSPS) is 14.5. The molecule has 0 radical (unpaired) electrons. The molecule has 1 aromatic carbocycles. The molecule has 3 heterocycles. The second-order valence-corrected chi connectivity index (χ2v) is 7.54. The Bertz CT molecular complexity index is 963. The Morgan fingerprint density at radius 3 is 2.82 bits per heavy atom. The van der Waals surface area contributed by atoms with E-state index in [1.165, 1.54) is 5.56 Å². The molecular weight excluding hydrogens is 374 g/mol. The molecule has 4 rings (SSSR count). The van der Waals surface area contributed by atoms with Crippen LogP contribution in [0.4, 0.5) is 0 Å². The molecule has 1 saturated heterocycles. The maximum Gasteiger partial charge on any atom is 0.257 e. The average Bonchev–Trinajstić information content (AvgIpc) is 3.10. The van der Waals surface area contributed by atoms with Crippen molar-refractivity contribution in [1.29, 1.82) is 0 Å². The van der Waals surface area contributed by atoms with Crippen molar-refractivity contribution in [2.75, 3.05) is 26.3 Å². The van der Waals surface area contributed by atoms with Gasteiger partial charge in [-0.1, -0.05) is 23.7 Å². The number of carbonyl (C=O) groups is 1. The predicted molar refractivity (Wildman–Crippen MR) is 111 cm³/mol. The number of unbranched alkanes of at least 4 members (excludes halogenated alkanes) is 1. The Morgan fingerprint density at radius 2 is 2.00 bits per heavy atom. The lowest BCUT2D eigenvalue weighted by atomic mass is 10.1. The summed E-state index contributed by atoms with van der Waals surface area (Å²) in [5, 5.41) is 0.784. The van der Waals surface area contributed by atoms with E-state index in [1.54, 1.807) is 6.20 Å². The van der Waals surface area contributed by atoms with Gasteiger partial charge in [0.1, 0.15) is 5.52 Å². The third-order valence-corrected chi connectivity index (χ3v) is 5.40. The van der Waals surface area contributed by atoms with Crippen LogP contribution < -0.4 is 0 Å². The van der Waals surface area contributed by atoms with Crippen LogP contribution >= 0.6 is 11.6 Å². The van der Waals surface area contributed by atoms with E-state index in [9.17, 15) is 4.79 Å². The highest BCUT2D eigenvalue weighted by atomic mass is 35.5. The van der Waals surface area contributed by atoms with E-state index < -0.39 is 0 Å². The minimum atomic E-state index is 0.0460. The second kappa shape index (κ2) is 8.76. The predicted octanol–water partition coefficient (Wildman–Crippen LogP) is 4.19. The van der Waals surface area contributed by atoms with Crippen molar-refractivity contribution in [2.24, 2.45) is 0 Å². The summed E-state index contributed by atoms with van der Waals surface area (Å²) in [4.78, 5) is 19.3. The first-order valence-corrected chi connectivity index (χ1v) is 10.2. The molecule has 0 unspecified atom stereocenters. The van der Waals surface area contributed by atoms with Crippen LogP contribution in [-0.4, -0.2) is 46.7 Å². The van der Waals surface area contributed by atoms with Crippen molar-refractivity contribution in [3.63, 3.8) is 0 Å². The Hall–Kier alpha value is -2.37. The van der Waals surface area contributed by atoms with Gasteiger partial charge in [0, 0.05) is 37.1 Å². The Labute approximate surface area is 169 Å². The summed E-state index contributed by atoms with van der Waals surface area (Å²) in [6, 6.07) is 12.0. The first-order valence-electron chi connectivity index (χ1n) is 9.78. The fourth-order valence-electron chi connectivity index (χ4n) is 3.70. The molecule has 6 heteroatoms. The average molecular weight is 398 g/mol. The van der Waals surface area contributed by atoms with Crippen LogP contribution in [0.15, 0.2) is 48.8 Å². The molecule has 0 spiro atoms. The number of amides is 1. The minimum Gasteiger partial charge on any atom is -0.378 e. The van der Waals surface area contributed by atoms with E-state index in [0.29, 0.717) is 31.9 Å². The van der Waals surface area contributed by atoms with Gasteiger partial charge in [0.05, 0.1) is 24.3 Å². The molecule has 0 saturated carbocycles. The van der Waals surface area contributed by atoms with Crippen molar-refractivity contribution < 1.29 is 9.53 Å². The van der Waals surface area contributed by atoms with E-state index in [4.69, 9.17) is 16.3 Å². The van der Waals surface area contributed by atoms with E-state index in [2.05, 4.69) is 15.6 Å². The molecule has 0 N–H and O–H groups in total. The van der Waals surface area contributed by atoms with E-state index >= 15 is 0 Å². The third kappa shape index (κ3) is 4.21. The van der Waals surface area contributed by atoms with Crippen LogP contribution in [-0.2, 0) is 17.7 Å². The lowest BCUT2D eigenvalue weighted by Crippen LogP contribution is -2.40. The first-order chi connectivity index (χ1) is 13.7. The summed E-state index contributed by atoms with van der Waals surface area (Å²) in [7, 11) is 0. The van der Waals surface area contributed by atoms with Crippen LogP contribution in [0.5, 0.6) is 0 Å². The Kier molecular flexibility index (Phi) is 5.93. The molecule has 0 bridgehead atoms. The Balaban J connectivity index is 1.46. The molecule has 1 aliphatic rings. The van der Waals surface area contributed by atoms with Crippen molar-refractivity contribution >= 4 is 28.5 Å². The van der Waals surface area contributed by atoms with Gasteiger partial charge in [-0.15, -0.1) is 0 Å². The van der Waals surface area contributed by atoms with Crippen LogP contribution in [0.2, 0.25) is 5.02 Å². The van der Waals surface area contributed by atoms with Crippen LogP contribution in [0, 0.1) is 0 Å². The topological polar surface area (TPSA) is 47.4 Å². The highest BCUT2D eigenvalue weighted by Crippen LogP contribution is 2.22.